The van der Waals surface area contributed by atoms with Crippen LogP contribution in [0.3, 0.4) is 0 Å². The normalized spacial score (nSPS) is 13.7. The maximum atomic E-state index is 4.58. The van der Waals surface area contributed by atoms with E-state index in [-0.39, 0.29) is 0 Å². The molecule has 102 valence electrons. The Bertz CT molecular complexity index is 377. The Kier molecular flexibility index (Phi) is 5.33. The molecule has 1 aromatic rings. The lowest BCUT2D eigenvalue weighted by Crippen LogP contribution is -2.23. The first-order valence-electron chi connectivity index (χ1n) is 7.01. The highest BCUT2D eigenvalue weighted by atomic mass is 14.9. The van der Waals surface area contributed by atoms with Crippen LogP contribution in [-0.2, 0) is 0 Å². The zero-order valence-corrected chi connectivity index (χ0v) is 12.8. The maximum Gasteiger partial charge on any atom is 0.0423 e. The Labute approximate surface area is 112 Å². The van der Waals surface area contributed by atoms with E-state index >= 15 is 0 Å². The van der Waals surface area contributed by atoms with Crippen LogP contribution in [0.4, 0.5) is 0 Å². The van der Waals surface area contributed by atoms with E-state index in [0.29, 0.717) is 11.5 Å². The molecule has 0 bridgehead atoms. The number of hydrogen-bond donors (Lipinski definition) is 1. The van der Waals surface area contributed by atoms with Gasteiger partial charge in [-0.3, -0.25) is 4.98 Å². The van der Waals surface area contributed by atoms with Crippen molar-refractivity contribution in [2.24, 2.45) is 5.41 Å². The van der Waals surface area contributed by atoms with Crippen molar-refractivity contribution in [3.8, 4) is 0 Å². The molecule has 1 heterocycles. The molecule has 2 nitrogen and oxygen atoms in total. The van der Waals surface area contributed by atoms with E-state index in [1.165, 1.54) is 18.4 Å². The van der Waals surface area contributed by atoms with Crippen molar-refractivity contribution in [1.82, 2.24) is 10.3 Å². The molecule has 0 aliphatic heterocycles. The van der Waals surface area contributed by atoms with E-state index in [1.807, 2.05) is 6.92 Å². The Morgan fingerprint density at radius 2 is 1.89 bits per heavy atom. The molecular formula is C16H28N2. The van der Waals surface area contributed by atoms with Crippen molar-refractivity contribution in [3.05, 3.63) is 29.1 Å². The molecule has 0 saturated heterocycles. The van der Waals surface area contributed by atoms with E-state index in [4.69, 9.17) is 0 Å². The van der Waals surface area contributed by atoms with Crippen LogP contribution in [0.15, 0.2) is 12.1 Å². The maximum absolute atomic E-state index is 4.58. The lowest BCUT2D eigenvalue weighted by atomic mass is 9.87. The van der Waals surface area contributed by atoms with Crippen LogP contribution in [0, 0.1) is 19.3 Å². The average Bonchev–Trinajstić information content (AvgIpc) is 2.24. The standard InChI is InChI=1S/C16H28N2/c1-7-17-15(10-11-16(4,5)6)14-9-8-12(2)18-13(14)3/h8-9,15,17H,7,10-11H2,1-6H3. The molecule has 0 aromatic carbocycles. The summed E-state index contributed by atoms with van der Waals surface area (Å²) in [5.74, 6) is 0. The summed E-state index contributed by atoms with van der Waals surface area (Å²) in [4.78, 5) is 4.58. The predicted octanol–water partition coefficient (Wildman–Crippen LogP) is 4.18. The molecule has 0 aliphatic rings. The molecule has 18 heavy (non-hydrogen) atoms. The smallest absolute Gasteiger partial charge is 0.0423 e. The third kappa shape index (κ3) is 4.77. The topological polar surface area (TPSA) is 24.9 Å². The summed E-state index contributed by atoms with van der Waals surface area (Å²) in [6, 6.07) is 4.78. The molecule has 0 aliphatic carbocycles. The molecule has 0 radical (unpaired) electrons. The third-order valence-corrected chi connectivity index (χ3v) is 3.27. The van der Waals surface area contributed by atoms with Crippen molar-refractivity contribution in [1.29, 1.82) is 0 Å². The minimum Gasteiger partial charge on any atom is -0.310 e. The predicted molar refractivity (Wildman–Crippen MR) is 78.8 cm³/mol. The molecule has 0 spiro atoms. The SMILES string of the molecule is CCNC(CCC(C)(C)C)c1ccc(C)nc1C. The van der Waals surface area contributed by atoms with Gasteiger partial charge < -0.3 is 5.32 Å². The summed E-state index contributed by atoms with van der Waals surface area (Å²) in [7, 11) is 0. The van der Waals surface area contributed by atoms with Gasteiger partial charge in [0.1, 0.15) is 0 Å². The fraction of sp³-hybridized carbons (Fsp3) is 0.688. The minimum absolute atomic E-state index is 0.389. The highest BCUT2D eigenvalue weighted by Crippen LogP contribution is 2.28. The van der Waals surface area contributed by atoms with Crippen LogP contribution in [-0.4, -0.2) is 11.5 Å². The monoisotopic (exact) mass is 248 g/mol. The molecule has 1 unspecified atom stereocenters. The lowest BCUT2D eigenvalue weighted by molar-refractivity contribution is 0.333. The van der Waals surface area contributed by atoms with Crippen LogP contribution in [0.2, 0.25) is 0 Å². The number of hydrogen-bond acceptors (Lipinski definition) is 2. The number of aryl methyl sites for hydroxylation is 2. The van der Waals surface area contributed by atoms with Gasteiger partial charge in [0.05, 0.1) is 0 Å². The van der Waals surface area contributed by atoms with Crippen LogP contribution in [0.1, 0.15) is 63.5 Å². The number of aromatic nitrogens is 1. The van der Waals surface area contributed by atoms with E-state index in [1.54, 1.807) is 0 Å². The molecule has 0 saturated carbocycles. The number of nitrogens with one attached hydrogen (secondary N) is 1. The van der Waals surface area contributed by atoms with Crippen molar-refractivity contribution in [2.45, 2.75) is 60.4 Å². The number of nitrogens with zero attached hydrogens (tertiary/aromatic N) is 1. The molecule has 1 aromatic heterocycles. The summed E-state index contributed by atoms with van der Waals surface area (Å²) in [6.07, 6.45) is 2.39. The van der Waals surface area contributed by atoms with E-state index in [2.05, 4.69) is 57.1 Å². The van der Waals surface area contributed by atoms with Crippen molar-refractivity contribution in [3.63, 3.8) is 0 Å². The second-order valence-corrected chi connectivity index (χ2v) is 6.34. The summed E-state index contributed by atoms with van der Waals surface area (Å²) >= 11 is 0. The molecule has 0 fully saturated rings. The van der Waals surface area contributed by atoms with Gasteiger partial charge in [-0.2, -0.15) is 0 Å². The van der Waals surface area contributed by atoms with Gasteiger partial charge in [-0.15, -0.1) is 0 Å². The minimum atomic E-state index is 0.389. The highest BCUT2D eigenvalue weighted by molar-refractivity contribution is 5.25. The van der Waals surface area contributed by atoms with E-state index in [0.717, 1.165) is 17.9 Å². The zero-order valence-electron chi connectivity index (χ0n) is 12.8. The summed E-state index contributed by atoms with van der Waals surface area (Å²) in [6.45, 7) is 14.2. The number of pyridine rings is 1. The molecule has 0 amide bonds. The quantitative estimate of drug-likeness (QED) is 0.845. The first-order valence-corrected chi connectivity index (χ1v) is 7.01. The fourth-order valence-corrected chi connectivity index (χ4v) is 2.26. The molecule has 1 N–H and O–H groups in total. The summed E-state index contributed by atoms with van der Waals surface area (Å²) in [5, 5.41) is 3.59. The fourth-order valence-electron chi connectivity index (χ4n) is 2.26. The summed E-state index contributed by atoms with van der Waals surface area (Å²) in [5.41, 5.74) is 4.00. The Morgan fingerprint density at radius 1 is 1.22 bits per heavy atom. The van der Waals surface area contributed by atoms with Gasteiger partial charge in [-0.05, 0) is 50.3 Å². The highest BCUT2D eigenvalue weighted by Gasteiger charge is 2.17. The largest absolute Gasteiger partial charge is 0.310 e. The van der Waals surface area contributed by atoms with Crippen LogP contribution in [0.25, 0.3) is 0 Å². The van der Waals surface area contributed by atoms with Gasteiger partial charge in [0.25, 0.3) is 0 Å². The van der Waals surface area contributed by atoms with E-state index < -0.39 is 0 Å². The molecule has 2 heteroatoms. The second kappa shape index (κ2) is 6.33. The Morgan fingerprint density at radius 3 is 2.39 bits per heavy atom. The second-order valence-electron chi connectivity index (χ2n) is 6.34. The Hall–Kier alpha value is -0.890. The molecular weight excluding hydrogens is 220 g/mol. The van der Waals surface area contributed by atoms with Gasteiger partial charge in [0.2, 0.25) is 0 Å². The zero-order chi connectivity index (χ0) is 13.8. The van der Waals surface area contributed by atoms with Crippen molar-refractivity contribution in [2.75, 3.05) is 6.54 Å². The third-order valence-electron chi connectivity index (χ3n) is 3.27. The van der Waals surface area contributed by atoms with Gasteiger partial charge in [-0.25, -0.2) is 0 Å². The van der Waals surface area contributed by atoms with Crippen molar-refractivity contribution < 1.29 is 0 Å². The average molecular weight is 248 g/mol. The first-order chi connectivity index (χ1) is 8.33. The lowest BCUT2D eigenvalue weighted by Gasteiger charge is -2.25. The van der Waals surface area contributed by atoms with Gasteiger partial charge >= 0.3 is 0 Å². The van der Waals surface area contributed by atoms with Crippen LogP contribution < -0.4 is 5.32 Å². The van der Waals surface area contributed by atoms with Crippen LogP contribution >= 0.6 is 0 Å². The number of rotatable bonds is 5. The van der Waals surface area contributed by atoms with Gasteiger partial charge in [0.15, 0.2) is 0 Å². The van der Waals surface area contributed by atoms with Gasteiger partial charge in [0, 0.05) is 17.4 Å². The molecule has 1 rings (SSSR count). The van der Waals surface area contributed by atoms with Crippen molar-refractivity contribution >= 4 is 0 Å². The molecule has 1 atom stereocenters. The Balaban J connectivity index is 2.83. The van der Waals surface area contributed by atoms with Gasteiger partial charge in [-0.1, -0.05) is 33.8 Å². The van der Waals surface area contributed by atoms with E-state index in [9.17, 15) is 0 Å². The first kappa shape index (κ1) is 15.2. The summed E-state index contributed by atoms with van der Waals surface area (Å²) < 4.78 is 0. The van der Waals surface area contributed by atoms with Crippen LogP contribution in [0.5, 0.6) is 0 Å².